The summed E-state index contributed by atoms with van der Waals surface area (Å²) in [5.74, 6) is -0.760. The van der Waals surface area contributed by atoms with Gasteiger partial charge in [-0.05, 0) is 29.1 Å². The van der Waals surface area contributed by atoms with Gasteiger partial charge in [-0.3, -0.25) is 9.59 Å². The molecule has 0 aliphatic carbocycles. The fourth-order valence-corrected chi connectivity index (χ4v) is 3.28. The molecule has 1 aliphatic heterocycles. The normalized spacial score (nSPS) is 15.8. The number of halogens is 1. The van der Waals surface area contributed by atoms with Gasteiger partial charge in [0.1, 0.15) is 11.5 Å². The van der Waals surface area contributed by atoms with Crippen LogP contribution in [0.3, 0.4) is 0 Å². The summed E-state index contributed by atoms with van der Waals surface area (Å²) in [6.07, 6.45) is 0.582. The smallest absolute Gasteiger partial charge is 0.268 e. The number of benzene rings is 1. The highest BCUT2D eigenvalue weighted by molar-refractivity contribution is 7.10. The van der Waals surface area contributed by atoms with Crippen molar-refractivity contribution in [1.29, 1.82) is 0 Å². The summed E-state index contributed by atoms with van der Waals surface area (Å²) in [5, 5.41) is 10.1. The minimum Gasteiger partial charge on any atom is -0.339 e. The van der Waals surface area contributed by atoms with Crippen LogP contribution in [-0.2, 0) is 9.59 Å². The maximum Gasteiger partial charge on any atom is 0.268 e. The number of nitrogens with one attached hydrogen (secondary N) is 1. The summed E-state index contributed by atoms with van der Waals surface area (Å²) in [7, 11) is 1.53. The van der Waals surface area contributed by atoms with Gasteiger partial charge in [0.15, 0.2) is 0 Å². The van der Waals surface area contributed by atoms with Crippen molar-refractivity contribution in [2.24, 2.45) is 5.10 Å². The van der Waals surface area contributed by atoms with Crippen LogP contribution in [0.2, 0.25) is 0 Å². The van der Waals surface area contributed by atoms with Crippen LogP contribution >= 0.6 is 11.3 Å². The fourth-order valence-electron chi connectivity index (χ4n) is 2.48. The zero-order valence-corrected chi connectivity index (χ0v) is 13.8. The van der Waals surface area contributed by atoms with Crippen LogP contribution in [0.5, 0.6) is 0 Å². The van der Waals surface area contributed by atoms with Crippen molar-refractivity contribution in [2.75, 3.05) is 7.05 Å². The third-order valence-corrected chi connectivity index (χ3v) is 4.71. The molecule has 3 rings (SSSR count). The topological polar surface area (TPSA) is 61.8 Å². The van der Waals surface area contributed by atoms with Crippen LogP contribution in [0.15, 0.2) is 46.9 Å². The van der Waals surface area contributed by atoms with E-state index in [0.717, 1.165) is 10.4 Å². The Morgan fingerprint density at radius 3 is 2.67 bits per heavy atom. The van der Waals surface area contributed by atoms with Crippen molar-refractivity contribution in [3.63, 3.8) is 0 Å². The second-order valence-electron chi connectivity index (χ2n) is 5.44. The highest BCUT2D eigenvalue weighted by Gasteiger charge is 2.25. The summed E-state index contributed by atoms with van der Waals surface area (Å²) >= 11 is 1.51. The third-order valence-electron chi connectivity index (χ3n) is 3.78. The van der Waals surface area contributed by atoms with Gasteiger partial charge in [-0.2, -0.15) is 5.10 Å². The van der Waals surface area contributed by atoms with Gasteiger partial charge in [-0.25, -0.2) is 9.40 Å². The maximum atomic E-state index is 13.2. The first kappa shape index (κ1) is 16.3. The lowest BCUT2D eigenvalue weighted by Gasteiger charge is -2.22. The van der Waals surface area contributed by atoms with Gasteiger partial charge < -0.3 is 5.32 Å². The minimum atomic E-state index is -0.385. The standard InChI is InChI=1S/C17H16FN3O2S/c1-21-15(22)9-8-13(20-21)17(23)19-16(14-3-2-10-24-14)11-4-6-12(18)7-5-11/h2-7,10,16H,8-9H2,1H3,(H,19,23)/t16-/m1/s1. The number of hydrazone groups is 1. The first-order valence-electron chi connectivity index (χ1n) is 7.48. The molecule has 0 saturated heterocycles. The summed E-state index contributed by atoms with van der Waals surface area (Å²) in [5.41, 5.74) is 1.11. The summed E-state index contributed by atoms with van der Waals surface area (Å²) < 4.78 is 13.2. The predicted octanol–water partition coefficient (Wildman–Crippen LogP) is 2.70. The van der Waals surface area contributed by atoms with Gasteiger partial charge >= 0.3 is 0 Å². The summed E-state index contributed by atoms with van der Waals surface area (Å²) in [6.45, 7) is 0. The highest BCUT2D eigenvalue weighted by Crippen LogP contribution is 2.26. The van der Waals surface area contributed by atoms with Gasteiger partial charge in [-0.1, -0.05) is 18.2 Å². The molecular weight excluding hydrogens is 329 g/mol. The molecule has 24 heavy (non-hydrogen) atoms. The molecule has 2 heterocycles. The van der Waals surface area contributed by atoms with Gasteiger partial charge in [0.25, 0.3) is 5.91 Å². The Morgan fingerprint density at radius 2 is 2.04 bits per heavy atom. The lowest BCUT2D eigenvalue weighted by Crippen LogP contribution is -2.39. The van der Waals surface area contributed by atoms with Crippen LogP contribution in [0.25, 0.3) is 0 Å². The molecule has 1 atom stereocenters. The Kier molecular flexibility index (Phi) is 4.71. The molecule has 0 fully saturated rings. The first-order valence-corrected chi connectivity index (χ1v) is 8.36. The van der Waals surface area contributed by atoms with Crippen LogP contribution in [0.4, 0.5) is 4.39 Å². The molecule has 0 unspecified atom stereocenters. The first-order chi connectivity index (χ1) is 11.5. The van der Waals surface area contributed by atoms with Gasteiger partial charge in [0.05, 0.1) is 6.04 Å². The average molecular weight is 345 g/mol. The van der Waals surface area contributed by atoms with Crippen LogP contribution in [-0.4, -0.2) is 29.6 Å². The second kappa shape index (κ2) is 6.92. The van der Waals surface area contributed by atoms with Gasteiger partial charge in [0, 0.05) is 24.8 Å². The maximum absolute atomic E-state index is 13.2. The molecule has 0 saturated carbocycles. The van der Waals surface area contributed by atoms with Crippen molar-refractivity contribution in [2.45, 2.75) is 18.9 Å². The summed E-state index contributed by atoms with van der Waals surface area (Å²) in [4.78, 5) is 25.0. The van der Waals surface area contributed by atoms with Crippen molar-refractivity contribution in [3.05, 3.63) is 58.0 Å². The predicted molar refractivity (Wildman–Crippen MR) is 90.1 cm³/mol. The quantitative estimate of drug-likeness (QED) is 0.926. The molecule has 1 aliphatic rings. The molecule has 5 nitrogen and oxygen atoms in total. The number of thiophene rings is 1. The molecule has 1 N–H and O–H groups in total. The Labute approximate surface area is 142 Å². The number of carbonyl (C=O) groups is 2. The van der Waals surface area contributed by atoms with E-state index in [1.165, 1.54) is 35.5 Å². The summed E-state index contributed by atoms with van der Waals surface area (Å²) in [6, 6.07) is 9.46. The Bertz CT molecular complexity index is 772. The lowest BCUT2D eigenvalue weighted by atomic mass is 10.0. The number of nitrogens with zero attached hydrogens (tertiary/aromatic N) is 2. The minimum absolute atomic E-state index is 0.111. The lowest BCUT2D eigenvalue weighted by molar-refractivity contribution is -0.130. The van der Waals surface area contributed by atoms with E-state index in [1.54, 1.807) is 12.1 Å². The van der Waals surface area contributed by atoms with Crippen molar-refractivity contribution < 1.29 is 14.0 Å². The molecule has 0 radical (unpaired) electrons. The van der Waals surface area contributed by atoms with Crippen molar-refractivity contribution in [3.8, 4) is 0 Å². The molecule has 0 spiro atoms. The van der Waals surface area contributed by atoms with Crippen LogP contribution < -0.4 is 5.32 Å². The third kappa shape index (κ3) is 3.51. The van der Waals surface area contributed by atoms with Crippen LogP contribution in [0, 0.1) is 5.82 Å². The second-order valence-corrected chi connectivity index (χ2v) is 6.42. The zero-order chi connectivity index (χ0) is 17.1. The number of carbonyl (C=O) groups excluding carboxylic acids is 2. The number of rotatable bonds is 4. The molecule has 0 bridgehead atoms. The number of hydrogen-bond acceptors (Lipinski definition) is 4. The number of hydrogen-bond donors (Lipinski definition) is 1. The fraction of sp³-hybridized carbons (Fsp3) is 0.235. The monoisotopic (exact) mass is 345 g/mol. The molecular formula is C17H16FN3O2S. The van der Waals surface area contributed by atoms with Crippen molar-refractivity contribution >= 4 is 28.9 Å². The van der Waals surface area contributed by atoms with E-state index in [-0.39, 0.29) is 30.1 Å². The van der Waals surface area contributed by atoms with Gasteiger partial charge in [-0.15, -0.1) is 11.3 Å². The SMILES string of the molecule is CN1N=C(C(=O)N[C@H](c2ccc(F)cc2)c2cccs2)CCC1=O. The average Bonchev–Trinajstić information content (AvgIpc) is 3.10. The molecule has 2 aromatic rings. The van der Waals surface area contributed by atoms with Gasteiger partial charge in [0.2, 0.25) is 5.91 Å². The van der Waals surface area contributed by atoms with Crippen LogP contribution in [0.1, 0.15) is 29.3 Å². The highest BCUT2D eigenvalue weighted by atomic mass is 32.1. The molecule has 1 aromatic carbocycles. The Hall–Kier alpha value is -2.54. The van der Waals surface area contributed by atoms with E-state index in [4.69, 9.17) is 0 Å². The van der Waals surface area contributed by atoms with E-state index in [1.807, 2.05) is 17.5 Å². The number of amides is 2. The zero-order valence-electron chi connectivity index (χ0n) is 13.0. The molecule has 2 amide bonds. The molecule has 7 heteroatoms. The largest absolute Gasteiger partial charge is 0.339 e. The van der Waals surface area contributed by atoms with E-state index in [2.05, 4.69) is 10.4 Å². The molecule has 1 aromatic heterocycles. The molecule has 124 valence electrons. The van der Waals surface area contributed by atoms with E-state index in [9.17, 15) is 14.0 Å². The van der Waals surface area contributed by atoms with E-state index >= 15 is 0 Å². The van der Waals surface area contributed by atoms with Crippen molar-refractivity contribution in [1.82, 2.24) is 10.3 Å². The Balaban J connectivity index is 1.85. The van der Waals surface area contributed by atoms with E-state index < -0.39 is 0 Å². The van der Waals surface area contributed by atoms with E-state index in [0.29, 0.717) is 12.1 Å². The Morgan fingerprint density at radius 1 is 1.29 bits per heavy atom.